The zero-order valence-corrected chi connectivity index (χ0v) is 13.4. The van der Waals surface area contributed by atoms with Crippen LogP contribution in [0.5, 0.6) is 0 Å². The second-order valence-electron chi connectivity index (χ2n) is 5.01. The lowest BCUT2D eigenvalue weighted by molar-refractivity contribution is -0.119. The Hall–Kier alpha value is -1.26. The molecule has 0 aliphatic carbocycles. The molecule has 0 saturated heterocycles. The van der Waals surface area contributed by atoms with Gasteiger partial charge in [0.1, 0.15) is 0 Å². The third kappa shape index (κ3) is 5.02. The molecule has 5 heteroatoms. The Balaban J connectivity index is 2.82. The largest absolute Gasteiger partial charge is 0.361 e. The summed E-state index contributed by atoms with van der Waals surface area (Å²) in [5.74, 6) is -0.0199. The maximum absolute atomic E-state index is 11.5. The van der Waals surface area contributed by atoms with Crippen molar-refractivity contribution >= 4 is 23.2 Å². The van der Waals surface area contributed by atoms with Gasteiger partial charge < -0.3 is 15.5 Å². The Morgan fingerprint density at radius 3 is 2.60 bits per heavy atom. The molecule has 0 heterocycles. The van der Waals surface area contributed by atoms with Crippen molar-refractivity contribution < 1.29 is 4.79 Å². The Bertz CT molecular complexity index is 449. The van der Waals surface area contributed by atoms with E-state index in [9.17, 15) is 4.79 Å². The maximum atomic E-state index is 11.5. The standard InChI is InChI=1S/C15H24ClN3O/c1-5-19(10-15(20)17-4)14-7-6-12(8-13(14)16)9-18-11(2)3/h6-8,11,18H,5,9-10H2,1-4H3,(H,17,20). The first-order valence-corrected chi connectivity index (χ1v) is 7.33. The van der Waals surface area contributed by atoms with Crippen molar-refractivity contribution in [2.75, 3.05) is 25.0 Å². The molecule has 0 aliphatic rings. The highest BCUT2D eigenvalue weighted by Gasteiger charge is 2.12. The fraction of sp³-hybridized carbons (Fsp3) is 0.533. The van der Waals surface area contributed by atoms with E-state index in [1.807, 2.05) is 30.0 Å². The first-order valence-electron chi connectivity index (χ1n) is 6.95. The molecule has 2 N–H and O–H groups in total. The fourth-order valence-electron chi connectivity index (χ4n) is 1.86. The van der Waals surface area contributed by atoms with Crippen LogP contribution in [-0.2, 0) is 11.3 Å². The van der Waals surface area contributed by atoms with Gasteiger partial charge in [-0.1, -0.05) is 31.5 Å². The van der Waals surface area contributed by atoms with E-state index in [0.29, 0.717) is 17.6 Å². The van der Waals surface area contributed by atoms with Crippen molar-refractivity contribution in [2.45, 2.75) is 33.4 Å². The summed E-state index contributed by atoms with van der Waals surface area (Å²) >= 11 is 6.34. The normalized spacial score (nSPS) is 10.7. The van der Waals surface area contributed by atoms with Crippen LogP contribution >= 0.6 is 11.6 Å². The van der Waals surface area contributed by atoms with E-state index in [1.165, 1.54) is 0 Å². The SMILES string of the molecule is CCN(CC(=O)NC)c1ccc(CNC(C)C)cc1Cl. The molecule has 0 bridgehead atoms. The Morgan fingerprint density at radius 1 is 1.40 bits per heavy atom. The van der Waals surface area contributed by atoms with Crippen molar-refractivity contribution in [3.8, 4) is 0 Å². The van der Waals surface area contributed by atoms with Crippen LogP contribution in [0.1, 0.15) is 26.3 Å². The second-order valence-corrected chi connectivity index (χ2v) is 5.42. The van der Waals surface area contributed by atoms with Gasteiger partial charge in [-0.2, -0.15) is 0 Å². The van der Waals surface area contributed by atoms with Crippen molar-refractivity contribution in [1.82, 2.24) is 10.6 Å². The van der Waals surface area contributed by atoms with Crippen LogP contribution in [0.25, 0.3) is 0 Å². The number of rotatable bonds is 7. The van der Waals surface area contributed by atoms with E-state index in [4.69, 9.17) is 11.6 Å². The van der Waals surface area contributed by atoms with Gasteiger partial charge in [-0.15, -0.1) is 0 Å². The van der Waals surface area contributed by atoms with Crippen molar-refractivity contribution in [3.05, 3.63) is 28.8 Å². The predicted octanol–water partition coefficient (Wildman–Crippen LogP) is 2.41. The molecule has 1 aromatic rings. The van der Waals surface area contributed by atoms with E-state index in [0.717, 1.165) is 24.3 Å². The number of hydrogen-bond acceptors (Lipinski definition) is 3. The summed E-state index contributed by atoms with van der Waals surface area (Å²) in [6.07, 6.45) is 0. The molecule has 0 unspecified atom stereocenters. The number of nitrogens with one attached hydrogen (secondary N) is 2. The van der Waals surface area contributed by atoms with Crippen molar-refractivity contribution in [3.63, 3.8) is 0 Å². The second kappa shape index (κ2) is 8.12. The van der Waals surface area contributed by atoms with Gasteiger partial charge in [-0.05, 0) is 24.6 Å². The first kappa shape index (κ1) is 16.8. The summed E-state index contributed by atoms with van der Waals surface area (Å²) in [5, 5.41) is 6.67. The highest BCUT2D eigenvalue weighted by atomic mass is 35.5. The molecule has 0 saturated carbocycles. The molecule has 1 rings (SSSR count). The summed E-state index contributed by atoms with van der Waals surface area (Å²) in [6.45, 7) is 8.07. The van der Waals surface area contributed by atoms with E-state index in [-0.39, 0.29) is 5.91 Å². The van der Waals surface area contributed by atoms with Crippen LogP contribution in [-0.4, -0.2) is 32.1 Å². The van der Waals surface area contributed by atoms with Crippen molar-refractivity contribution in [1.29, 1.82) is 0 Å². The molecule has 0 atom stereocenters. The molecule has 1 amide bonds. The predicted molar refractivity (Wildman–Crippen MR) is 85.4 cm³/mol. The van der Waals surface area contributed by atoms with Gasteiger partial charge in [0.05, 0.1) is 17.3 Å². The van der Waals surface area contributed by atoms with Gasteiger partial charge in [-0.3, -0.25) is 4.79 Å². The topological polar surface area (TPSA) is 44.4 Å². The monoisotopic (exact) mass is 297 g/mol. The first-order chi connectivity index (χ1) is 9.47. The van der Waals surface area contributed by atoms with Gasteiger partial charge in [0.25, 0.3) is 0 Å². The number of carbonyl (C=O) groups excluding carboxylic acids is 1. The summed E-state index contributed by atoms with van der Waals surface area (Å²) < 4.78 is 0. The van der Waals surface area contributed by atoms with Crippen LogP contribution in [0.3, 0.4) is 0 Å². The van der Waals surface area contributed by atoms with Crippen LogP contribution in [0.2, 0.25) is 5.02 Å². The number of carbonyl (C=O) groups is 1. The minimum atomic E-state index is -0.0199. The fourth-order valence-corrected chi connectivity index (χ4v) is 2.18. The number of likely N-dealkylation sites (N-methyl/N-ethyl adjacent to an activating group) is 2. The highest BCUT2D eigenvalue weighted by molar-refractivity contribution is 6.33. The molecule has 4 nitrogen and oxygen atoms in total. The van der Waals surface area contributed by atoms with Crippen LogP contribution in [0.15, 0.2) is 18.2 Å². The molecular weight excluding hydrogens is 274 g/mol. The number of halogens is 1. The summed E-state index contributed by atoms with van der Waals surface area (Å²) in [6, 6.07) is 6.42. The van der Waals surface area contributed by atoms with E-state index >= 15 is 0 Å². The van der Waals surface area contributed by atoms with Crippen LogP contribution in [0, 0.1) is 0 Å². The molecule has 0 spiro atoms. The number of hydrogen-bond donors (Lipinski definition) is 2. The summed E-state index contributed by atoms with van der Waals surface area (Å²) in [5.41, 5.74) is 2.04. The molecule has 112 valence electrons. The minimum Gasteiger partial charge on any atom is -0.361 e. The molecule has 20 heavy (non-hydrogen) atoms. The van der Waals surface area contributed by atoms with Crippen LogP contribution < -0.4 is 15.5 Å². The third-order valence-electron chi connectivity index (χ3n) is 3.06. The Labute approximate surface area is 126 Å². The summed E-state index contributed by atoms with van der Waals surface area (Å²) in [4.78, 5) is 13.5. The summed E-state index contributed by atoms with van der Waals surface area (Å²) in [7, 11) is 1.64. The molecule has 0 aromatic heterocycles. The average Bonchev–Trinajstić information content (AvgIpc) is 2.42. The maximum Gasteiger partial charge on any atom is 0.239 e. The van der Waals surface area contributed by atoms with E-state index in [1.54, 1.807) is 7.05 Å². The average molecular weight is 298 g/mol. The smallest absolute Gasteiger partial charge is 0.239 e. The lowest BCUT2D eigenvalue weighted by atomic mass is 10.1. The minimum absolute atomic E-state index is 0.0199. The van der Waals surface area contributed by atoms with Gasteiger partial charge in [0.15, 0.2) is 0 Å². The zero-order valence-electron chi connectivity index (χ0n) is 12.7. The third-order valence-corrected chi connectivity index (χ3v) is 3.36. The van der Waals surface area contributed by atoms with E-state index in [2.05, 4.69) is 24.5 Å². The highest BCUT2D eigenvalue weighted by Crippen LogP contribution is 2.26. The number of amides is 1. The van der Waals surface area contributed by atoms with Crippen molar-refractivity contribution in [2.24, 2.45) is 0 Å². The molecule has 0 radical (unpaired) electrons. The van der Waals surface area contributed by atoms with Gasteiger partial charge >= 0.3 is 0 Å². The lowest BCUT2D eigenvalue weighted by Gasteiger charge is -2.23. The van der Waals surface area contributed by atoms with Crippen LogP contribution in [0.4, 0.5) is 5.69 Å². The number of benzene rings is 1. The zero-order chi connectivity index (χ0) is 15.1. The lowest BCUT2D eigenvalue weighted by Crippen LogP contribution is -2.35. The molecule has 1 aromatic carbocycles. The molecular formula is C15H24ClN3O. The number of anilines is 1. The number of nitrogens with zero attached hydrogens (tertiary/aromatic N) is 1. The van der Waals surface area contributed by atoms with Gasteiger partial charge in [0.2, 0.25) is 5.91 Å². The van der Waals surface area contributed by atoms with Gasteiger partial charge in [-0.25, -0.2) is 0 Å². The Morgan fingerprint density at radius 2 is 2.10 bits per heavy atom. The quantitative estimate of drug-likeness (QED) is 0.812. The molecule has 0 fully saturated rings. The van der Waals surface area contributed by atoms with E-state index < -0.39 is 0 Å². The molecule has 0 aliphatic heterocycles. The Kier molecular flexibility index (Phi) is 6.82. The van der Waals surface area contributed by atoms with Gasteiger partial charge in [0, 0.05) is 26.2 Å².